The highest BCUT2D eigenvalue weighted by molar-refractivity contribution is 5.78. The van der Waals surface area contributed by atoms with Gasteiger partial charge in [0.05, 0.1) is 0 Å². The number of ketones is 1. The van der Waals surface area contributed by atoms with Crippen molar-refractivity contribution < 1.29 is 9.36 Å². The van der Waals surface area contributed by atoms with Gasteiger partial charge in [-0.15, -0.1) is 0 Å². The van der Waals surface area contributed by atoms with Crippen molar-refractivity contribution in [2.75, 3.05) is 0 Å². The summed E-state index contributed by atoms with van der Waals surface area (Å²) in [5.74, 6) is 0.204. The van der Waals surface area contributed by atoms with Crippen LogP contribution in [0.3, 0.4) is 0 Å². The van der Waals surface area contributed by atoms with E-state index in [9.17, 15) is 4.79 Å². The minimum absolute atomic E-state index is 0.204. The average molecular weight is 240 g/mol. The predicted molar refractivity (Wildman–Crippen MR) is 71.3 cm³/mol. The topological polar surface area (TPSA) is 20.9 Å². The second-order valence-electron chi connectivity index (χ2n) is 4.69. The van der Waals surface area contributed by atoms with E-state index in [0.717, 1.165) is 12.1 Å². The maximum atomic E-state index is 11.2. The fourth-order valence-electron chi connectivity index (χ4n) is 2.01. The predicted octanol–water partition coefficient (Wildman–Crippen LogP) is 2.46. The lowest BCUT2D eigenvalue weighted by molar-refractivity contribution is -0.688. The Kier molecular flexibility index (Phi) is 3.88. The number of benzene rings is 1. The third-order valence-electron chi connectivity index (χ3n) is 2.99. The van der Waals surface area contributed by atoms with Gasteiger partial charge in [0.2, 0.25) is 0 Å². The van der Waals surface area contributed by atoms with Crippen LogP contribution >= 0.6 is 0 Å². The summed E-state index contributed by atoms with van der Waals surface area (Å²) in [6, 6.07) is 12.4. The molecule has 2 aromatic rings. The van der Waals surface area contributed by atoms with Crippen molar-refractivity contribution in [3.05, 3.63) is 65.5 Å². The Labute approximate surface area is 108 Å². The molecule has 2 rings (SSSR count). The maximum absolute atomic E-state index is 11.2. The summed E-state index contributed by atoms with van der Waals surface area (Å²) in [5.41, 5.74) is 3.55. The summed E-state index contributed by atoms with van der Waals surface area (Å²) in [5, 5.41) is 0. The smallest absolute Gasteiger partial charge is 0.173 e. The molecule has 1 aromatic heterocycles. The van der Waals surface area contributed by atoms with E-state index in [1.165, 1.54) is 11.1 Å². The molecule has 2 heteroatoms. The van der Waals surface area contributed by atoms with Gasteiger partial charge in [-0.25, -0.2) is 4.57 Å². The van der Waals surface area contributed by atoms with Gasteiger partial charge in [0, 0.05) is 23.6 Å². The normalized spacial score (nSPS) is 10.3. The number of hydrogen-bond donors (Lipinski definition) is 0. The first-order chi connectivity index (χ1) is 8.65. The number of pyridine rings is 1. The molecule has 0 fully saturated rings. The van der Waals surface area contributed by atoms with E-state index in [1.807, 2.05) is 25.1 Å². The summed E-state index contributed by atoms with van der Waals surface area (Å²) in [7, 11) is 0. The van der Waals surface area contributed by atoms with Gasteiger partial charge in [-0.05, 0) is 19.4 Å². The lowest BCUT2D eigenvalue weighted by Crippen LogP contribution is -2.34. The number of carbonyl (C=O) groups excluding carboxylic acids is 1. The van der Waals surface area contributed by atoms with Gasteiger partial charge >= 0.3 is 0 Å². The summed E-state index contributed by atoms with van der Waals surface area (Å²) < 4.78 is 2.13. The molecule has 2 nitrogen and oxygen atoms in total. The van der Waals surface area contributed by atoms with Crippen LogP contribution in [0.4, 0.5) is 0 Å². The van der Waals surface area contributed by atoms with Gasteiger partial charge in [0.25, 0.3) is 0 Å². The number of nitrogens with zero attached hydrogens (tertiary/aromatic N) is 1. The SMILES string of the molecule is CC(=O)Cc1c[n+](Cc2ccccc2)ccc1C. The van der Waals surface area contributed by atoms with Crippen molar-refractivity contribution in [2.24, 2.45) is 0 Å². The zero-order chi connectivity index (χ0) is 13.0. The Hall–Kier alpha value is -1.96. The fraction of sp³-hybridized carbons (Fsp3) is 0.250. The second kappa shape index (κ2) is 5.58. The first-order valence-electron chi connectivity index (χ1n) is 6.17. The highest BCUT2D eigenvalue weighted by atomic mass is 16.1. The molecule has 1 aromatic carbocycles. The molecular formula is C16H18NO+. The molecule has 0 N–H and O–H groups in total. The van der Waals surface area contributed by atoms with E-state index in [4.69, 9.17) is 0 Å². The molecule has 0 radical (unpaired) electrons. The molecule has 18 heavy (non-hydrogen) atoms. The highest BCUT2D eigenvalue weighted by Gasteiger charge is 2.09. The zero-order valence-electron chi connectivity index (χ0n) is 10.9. The van der Waals surface area contributed by atoms with Crippen molar-refractivity contribution in [3.8, 4) is 0 Å². The van der Waals surface area contributed by atoms with Crippen LogP contribution in [-0.4, -0.2) is 5.78 Å². The summed E-state index contributed by atoms with van der Waals surface area (Å²) in [4.78, 5) is 11.2. The molecule has 0 aliphatic carbocycles. The van der Waals surface area contributed by atoms with Crippen LogP contribution in [-0.2, 0) is 17.8 Å². The minimum Gasteiger partial charge on any atom is -0.300 e. The number of rotatable bonds is 4. The molecule has 0 aliphatic rings. The van der Waals surface area contributed by atoms with Crippen molar-refractivity contribution in [1.29, 1.82) is 0 Å². The Morgan fingerprint density at radius 3 is 2.56 bits per heavy atom. The minimum atomic E-state index is 0.204. The standard InChI is InChI=1S/C16H18NO/c1-13-8-9-17(12-16(13)10-14(2)18)11-15-6-4-3-5-7-15/h3-9,12H,10-11H2,1-2H3/q+1. The van der Waals surface area contributed by atoms with E-state index < -0.39 is 0 Å². The van der Waals surface area contributed by atoms with Crippen LogP contribution in [0.2, 0.25) is 0 Å². The molecule has 0 unspecified atom stereocenters. The third-order valence-corrected chi connectivity index (χ3v) is 2.99. The van der Waals surface area contributed by atoms with Gasteiger partial charge in [-0.3, -0.25) is 4.79 Å². The Bertz CT molecular complexity index is 546. The molecule has 0 saturated heterocycles. The van der Waals surface area contributed by atoms with Gasteiger partial charge in [0.15, 0.2) is 18.9 Å². The van der Waals surface area contributed by atoms with Crippen LogP contribution in [0.5, 0.6) is 0 Å². The summed E-state index contributed by atoms with van der Waals surface area (Å²) >= 11 is 0. The van der Waals surface area contributed by atoms with E-state index in [2.05, 4.69) is 35.2 Å². The van der Waals surface area contributed by atoms with Crippen LogP contribution < -0.4 is 4.57 Å². The molecule has 92 valence electrons. The van der Waals surface area contributed by atoms with Gasteiger partial charge in [-0.1, -0.05) is 30.3 Å². The molecule has 1 heterocycles. The summed E-state index contributed by atoms with van der Waals surface area (Å²) in [6.45, 7) is 4.52. The number of hydrogen-bond acceptors (Lipinski definition) is 1. The number of carbonyl (C=O) groups is 1. The Morgan fingerprint density at radius 2 is 1.89 bits per heavy atom. The lowest BCUT2D eigenvalue weighted by Gasteiger charge is -2.03. The number of Topliss-reactive ketones (excluding diaryl/α,β-unsaturated/α-hetero) is 1. The number of aryl methyl sites for hydroxylation is 1. The first kappa shape index (κ1) is 12.5. The highest BCUT2D eigenvalue weighted by Crippen LogP contribution is 2.06. The molecule has 0 atom stereocenters. The zero-order valence-corrected chi connectivity index (χ0v) is 10.9. The van der Waals surface area contributed by atoms with Crippen molar-refractivity contribution in [1.82, 2.24) is 0 Å². The first-order valence-corrected chi connectivity index (χ1v) is 6.17. The average Bonchev–Trinajstić information content (AvgIpc) is 2.34. The van der Waals surface area contributed by atoms with E-state index in [-0.39, 0.29) is 5.78 Å². The molecule has 0 aliphatic heterocycles. The van der Waals surface area contributed by atoms with E-state index >= 15 is 0 Å². The quantitative estimate of drug-likeness (QED) is 0.752. The Balaban J connectivity index is 2.22. The van der Waals surface area contributed by atoms with Crippen molar-refractivity contribution >= 4 is 5.78 Å². The van der Waals surface area contributed by atoms with Crippen LogP contribution in [0, 0.1) is 6.92 Å². The third kappa shape index (κ3) is 3.27. The van der Waals surface area contributed by atoms with E-state index in [1.54, 1.807) is 6.92 Å². The molecule has 0 amide bonds. The summed E-state index contributed by atoms with van der Waals surface area (Å²) in [6.07, 6.45) is 4.65. The monoisotopic (exact) mass is 240 g/mol. The second-order valence-corrected chi connectivity index (χ2v) is 4.69. The molecule has 0 bridgehead atoms. The fourth-order valence-corrected chi connectivity index (χ4v) is 2.01. The van der Waals surface area contributed by atoms with Gasteiger partial charge in [0.1, 0.15) is 5.78 Å². The molecule has 0 spiro atoms. The Morgan fingerprint density at radius 1 is 1.17 bits per heavy atom. The number of aromatic nitrogens is 1. The van der Waals surface area contributed by atoms with Crippen molar-refractivity contribution in [3.63, 3.8) is 0 Å². The van der Waals surface area contributed by atoms with Crippen LogP contribution in [0.15, 0.2) is 48.8 Å². The van der Waals surface area contributed by atoms with Gasteiger partial charge in [-0.2, -0.15) is 0 Å². The molecule has 0 saturated carbocycles. The van der Waals surface area contributed by atoms with Crippen LogP contribution in [0.25, 0.3) is 0 Å². The maximum Gasteiger partial charge on any atom is 0.173 e. The van der Waals surface area contributed by atoms with Gasteiger partial charge < -0.3 is 0 Å². The van der Waals surface area contributed by atoms with E-state index in [0.29, 0.717) is 6.42 Å². The van der Waals surface area contributed by atoms with Crippen LogP contribution in [0.1, 0.15) is 23.6 Å². The lowest BCUT2D eigenvalue weighted by atomic mass is 10.1. The van der Waals surface area contributed by atoms with Crippen molar-refractivity contribution in [2.45, 2.75) is 26.8 Å². The largest absolute Gasteiger partial charge is 0.300 e. The molecular weight excluding hydrogens is 222 g/mol.